The molecule has 37 heavy (non-hydrogen) atoms. The number of amides is 1. The number of aromatic nitrogens is 1. The van der Waals surface area contributed by atoms with Gasteiger partial charge in [-0.15, -0.1) is 0 Å². The number of furan rings is 1. The van der Waals surface area contributed by atoms with Crippen LogP contribution in [0.4, 0.5) is 11.4 Å². The van der Waals surface area contributed by atoms with Crippen LogP contribution in [-0.2, 0) is 6.54 Å². The molecule has 3 heterocycles. The first-order chi connectivity index (χ1) is 17.5. The van der Waals surface area contributed by atoms with E-state index in [0.29, 0.717) is 42.8 Å². The zero-order chi connectivity index (χ0) is 25.7. The quantitative estimate of drug-likeness (QED) is 0.306. The summed E-state index contributed by atoms with van der Waals surface area (Å²) in [6.45, 7) is 5.67. The molecular formula is C27H31N5O5. The maximum atomic E-state index is 13.4. The highest BCUT2D eigenvalue weighted by atomic mass is 16.6. The van der Waals surface area contributed by atoms with E-state index in [-0.39, 0.29) is 24.4 Å². The van der Waals surface area contributed by atoms with E-state index in [4.69, 9.17) is 4.42 Å². The molecule has 0 radical (unpaired) electrons. The molecule has 0 atom stereocenters. The van der Waals surface area contributed by atoms with Crippen LogP contribution in [0.3, 0.4) is 0 Å². The van der Waals surface area contributed by atoms with Crippen molar-refractivity contribution in [3.05, 3.63) is 105 Å². The van der Waals surface area contributed by atoms with Crippen LogP contribution in [0.15, 0.2) is 82.2 Å². The number of anilines is 1. The summed E-state index contributed by atoms with van der Waals surface area (Å²) in [7, 11) is 0. The number of benzene rings is 2. The predicted molar refractivity (Wildman–Crippen MR) is 144 cm³/mol. The summed E-state index contributed by atoms with van der Waals surface area (Å²) in [5, 5.41) is 12.8. The number of pyridine rings is 1. The summed E-state index contributed by atoms with van der Waals surface area (Å²) in [4.78, 5) is 41.1. The van der Waals surface area contributed by atoms with Crippen LogP contribution in [0, 0.1) is 10.1 Å². The predicted octanol–water partition coefficient (Wildman–Crippen LogP) is 4.70. The van der Waals surface area contributed by atoms with E-state index in [0.717, 1.165) is 5.56 Å². The van der Waals surface area contributed by atoms with Gasteiger partial charge in [0, 0.05) is 31.6 Å². The van der Waals surface area contributed by atoms with Crippen LogP contribution in [0.5, 0.6) is 0 Å². The van der Waals surface area contributed by atoms with Crippen LogP contribution in [0.2, 0.25) is 0 Å². The van der Waals surface area contributed by atoms with Gasteiger partial charge in [-0.1, -0.05) is 62.4 Å². The smallest absolute Gasteiger partial charge is 0.357 e. The average Bonchev–Trinajstić information content (AvgIpc) is 3.46. The molecule has 4 aromatic rings. The lowest BCUT2D eigenvalue weighted by atomic mass is 10.1. The van der Waals surface area contributed by atoms with Crippen molar-refractivity contribution in [2.45, 2.75) is 20.4 Å². The lowest BCUT2D eigenvalue weighted by Crippen LogP contribution is -2.49. The van der Waals surface area contributed by atoms with Gasteiger partial charge in [0.05, 0.1) is 23.2 Å². The molecule has 2 aromatic carbocycles. The standard InChI is InChI=1S/C25H22N4O5.C2H6.H3N/c30-24(21-11-6-16-34-21)27-14-12-26(13-15-27)22-19-9-4-5-10-20(19)28(25(31)23(22)29(32)33)17-18-7-2-1-3-8-18;1-2;/h1-11,16H,12-15,17H2;1-2H3;1H3. The fourth-order valence-electron chi connectivity index (χ4n) is 4.47. The Balaban J connectivity index is 0.00000124. The molecule has 2 aromatic heterocycles. The molecule has 0 spiro atoms. The van der Waals surface area contributed by atoms with E-state index in [1.165, 1.54) is 10.8 Å². The summed E-state index contributed by atoms with van der Waals surface area (Å²) >= 11 is 0. The zero-order valence-corrected chi connectivity index (χ0v) is 21.0. The van der Waals surface area contributed by atoms with Gasteiger partial charge < -0.3 is 20.4 Å². The monoisotopic (exact) mass is 505 g/mol. The fourth-order valence-corrected chi connectivity index (χ4v) is 4.47. The lowest BCUT2D eigenvalue weighted by Gasteiger charge is -2.36. The molecule has 1 fully saturated rings. The second kappa shape index (κ2) is 12.0. The average molecular weight is 506 g/mol. The number of carbonyl (C=O) groups excluding carboxylic acids is 1. The maximum absolute atomic E-state index is 13.4. The minimum Gasteiger partial charge on any atom is -0.459 e. The van der Waals surface area contributed by atoms with Crippen molar-refractivity contribution in [3.63, 3.8) is 0 Å². The SMILES string of the molecule is CC.N.O=C(c1ccco1)N1CCN(c2c([N+](=O)[O-])c(=O)n(Cc3ccccc3)c3ccccc23)CC1. The topological polar surface area (TPSA) is 137 Å². The Bertz CT molecular complexity index is 1410. The second-order valence-corrected chi connectivity index (χ2v) is 8.10. The number of carbonyl (C=O) groups is 1. The van der Waals surface area contributed by atoms with Crippen LogP contribution in [0.25, 0.3) is 10.9 Å². The number of para-hydroxylation sites is 1. The number of rotatable bonds is 5. The molecule has 1 aliphatic heterocycles. The number of piperazine rings is 1. The van der Waals surface area contributed by atoms with Gasteiger partial charge >= 0.3 is 11.2 Å². The molecule has 5 rings (SSSR count). The number of nitro groups is 1. The fraction of sp³-hybridized carbons (Fsp3) is 0.259. The summed E-state index contributed by atoms with van der Waals surface area (Å²) in [5.74, 6) is 0.0377. The molecule has 194 valence electrons. The van der Waals surface area contributed by atoms with Crippen LogP contribution < -0.4 is 16.6 Å². The van der Waals surface area contributed by atoms with E-state index < -0.39 is 16.2 Å². The molecule has 10 heteroatoms. The molecule has 0 saturated carbocycles. The van der Waals surface area contributed by atoms with Crippen molar-refractivity contribution in [3.8, 4) is 0 Å². The number of fused-ring (bicyclic) bond motifs is 1. The number of hydrogen-bond donors (Lipinski definition) is 1. The largest absolute Gasteiger partial charge is 0.459 e. The van der Waals surface area contributed by atoms with Gasteiger partial charge in [0.25, 0.3) is 5.91 Å². The highest BCUT2D eigenvalue weighted by Crippen LogP contribution is 2.34. The minimum absolute atomic E-state index is 0. The third kappa shape index (κ3) is 5.39. The normalized spacial score (nSPS) is 12.9. The highest BCUT2D eigenvalue weighted by molar-refractivity contribution is 5.97. The third-order valence-electron chi connectivity index (χ3n) is 6.10. The first-order valence-electron chi connectivity index (χ1n) is 12.0. The zero-order valence-electron chi connectivity index (χ0n) is 21.0. The number of nitrogens with zero attached hydrogens (tertiary/aromatic N) is 4. The Morgan fingerprint density at radius 3 is 2.22 bits per heavy atom. The minimum atomic E-state index is -0.642. The van der Waals surface area contributed by atoms with Crippen molar-refractivity contribution >= 4 is 28.2 Å². The van der Waals surface area contributed by atoms with Crippen molar-refractivity contribution in [2.75, 3.05) is 31.1 Å². The summed E-state index contributed by atoms with van der Waals surface area (Å²) < 4.78 is 6.67. The van der Waals surface area contributed by atoms with Gasteiger partial charge in [-0.25, -0.2) is 0 Å². The van der Waals surface area contributed by atoms with Crippen molar-refractivity contribution in [2.24, 2.45) is 0 Å². The Hall–Kier alpha value is -4.44. The summed E-state index contributed by atoms with van der Waals surface area (Å²) in [6.07, 6.45) is 1.45. The molecule has 0 aliphatic carbocycles. The molecular weight excluding hydrogens is 474 g/mol. The molecule has 1 aliphatic rings. The third-order valence-corrected chi connectivity index (χ3v) is 6.10. The van der Waals surface area contributed by atoms with E-state index in [9.17, 15) is 19.7 Å². The first kappa shape index (κ1) is 27.2. The molecule has 1 saturated heterocycles. The van der Waals surface area contributed by atoms with Gasteiger partial charge in [0.2, 0.25) is 0 Å². The lowest BCUT2D eigenvalue weighted by molar-refractivity contribution is -0.385. The molecule has 1 amide bonds. The van der Waals surface area contributed by atoms with Crippen molar-refractivity contribution in [1.29, 1.82) is 0 Å². The van der Waals surface area contributed by atoms with Gasteiger partial charge in [-0.05, 0) is 23.8 Å². The molecule has 0 unspecified atom stereocenters. The Morgan fingerprint density at radius 1 is 0.946 bits per heavy atom. The highest BCUT2D eigenvalue weighted by Gasteiger charge is 2.32. The Kier molecular flexibility index (Phi) is 8.81. The first-order valence-corrected chi connectivity index (χ1v) is 12.0. The summed E-state index contributed by atoms with van der Waals surface area (Å²) in [5.41, 5.74) is 0.727. The van der Waals surface area contributed by atoms with E-state index >= 15 is 0 Å². The van der Waals surface area contributed by atoms with Crippen LogP contribution in [-0.4, -0.2) is 46.5 Å². The van der Waals surface area contributed by atoms with Crippen LogP contribution >= 0.6 is 0 Å². The Labute approximate surface area is 214 Å². The second-order valence-electron chi connectivity index (χ2n) is 8.10. The molecule has 0 bridgehead atoms. The van der Waals surface area contributed by atoms with Crippen molar-refractivity contribution in [1.82, 2.24) is 15.6 Å². The van der Waals surface area contributed by atoms with Crippen LogP contribution in [0.1, 0.15) is 30.0 Å². The Morgan fingerprint density at radius 2 is 1.59 bits per heavy atom. The van der Waals surface area contributed by atoms with E-state index in [1.807, 2.05) is 67.3 Å². The molecule has 3 N–H and O–H groups in total. The van der Waals surface area contributed by atoms with Gasteiger partial charge in [-0.3, -0.25) is 24.3 Å². The van der Waals surface area contributed by atoms with E-state index in [1.54, 1.807) is 23.1 Å². The van der Waals surface area contributed by atoms with Gasteiger partial charge in [0.1, 0.15) is 5.69 Å². The number of hydrogen-bond acceptors (Lipinski definition) is 7. The van der Waals surface area contributed by atoms with Crippen molar-refractivity contribution < 1.29 is 14.1 Å². The maximum Gasteiger partial charge on any atom is 0.357 e. The van der Waals surface area contributed by atoms with E-state index in [2.05, 4.69) is 0 Å². The van der Waals surface area contributed by atoms with Gasteiger partial charge in [0.15, 0.2) is 5.76 Å². The van der Waals surface area contributed by atoms with Gasteiger partial charge in [-0.2, -0.15) is 0 Å². The summed E-state index contributed by atoms with van der Waals surface area (Å²) in [6, 6.07) is 19.9. The molecule has 10 nitrogen and oxygen atoms in total.